The Morgan fingerprint density at radius 1 is 1.09 bits per heavy atom. The van der Waals surface area contributed by atoms with Crippen molar-refractivity contribution in [1.29, 1.82) is 0 Å². The van der Waals surface area contributed by atoms with Gasteiger partial charge in [0.15, 0.2) is 11.2 Å². The smallest absolute Gasteiger partial charge is 0.192 e. The first-order chi connectivity index (χ1) is 10.4. The molecule has 112 valence electrons. The zero-order chi connectivity index (χ0) is 15.5. The van der Waals surface area contributed by atoms with Gasteiger partial charge < -0.3 is 9.15 Å². The molecule has 0 amide bonds. The summed E-state index contributed by atoms with van der Waals surface area (Å²) in [5.41, 5.74) is 1.89. The topological polar surface area (TPSA) is 56.5 Å². The molecule has 0 fully saturated rings. The molecule has 0 atom stereocenters. The Morgan fingerprint density at radius 3 is 2.73 bits per heavy atom. The number of ether oxygens (including phenoxy) is 1. The third-order valence-corrected chi connectivity index (χ3v) is 4.43. The van der Waals surface area contributed by atoms with Gasteiger partial charge in [0.1, 0.15) is 17.1 Å². The van der Waals surface area contributed by atoms with Gasteiger partial charge in [-0.1, -0.05) is 13.8 Å². The van der Waals surface area contributed by atoms with Crippen LogP contribution in [0.1, 0.15) is 32.3 Å². The van der Waals surface area contributed by atoms with Gasteiger partial charge >= 0.3 is 0 Å². The van der Waals surface area contributed by atoms with Crippen LogP contribution in [0.3, 0.4) is 0 Å². The summed E-state index contributed by atoms with van der Waals surface area (Å²) in [6.07, 6.45) is 3.15. The van der Waals surface area contributed by atoms with Gasteiger partial charge in [0.2, 0.25) is 0 Å². The summed E-state index contributed by atoms with van der Waals surface area (Å²) in [6.45, 7) is 4.15. The number of rotatable bonds is 0. The molecule has 1 aromatic carbocycles. The second kappa shape index (κ2) is 4.32. The quantitative estimate of drug-likeness (QED) is 0.748. The molecule has 2 aliphatic rings. The molecule has 4 heteroatoms. The van der Waals surface area contributed by atoms with Crippen LogP contribution in [0.15, 0.2) is 45.0 Å². The summed E-state index contributed by atoms with van der Waals surface area (Å²) in [4.78, 5) is 24.3. The standard InChI is InChI=1S/C18H16O4/c1-18(2)8-14(20)11-7-12-15(22-16(11)9-18)4-3-10-13(19)5-6-21-17(10)12/h3-6H,7-9H2,1-2H3. The fraction of sp³-hybridized carbons (Fsp3) is 0.333. The average Bonchev–Trinajstić information content (AvgIpc) is 2.44. The van der Waals surface area contributed by atoms with Gasteiger partial charge in [0.25, 0.3) is 0 Å². The first kappa shape index (κ1) is 13.3. The van der Waals surface area contributed by atoms with Crippen molar-refractivity contribution >= 4 is 16.8 Å². The lowest BCUT2D eigenvalue weighted by Crippen LogP contribution is -2.30. The van der Waals surface area contributed by atoms with Crippen molar-refractivity contribution in [2.45, 2.75) is 33.1 Å². The molecule has 1 aromatic heterocycles. The minimum absolute atomic E-state index is 0.0726. The van der Waals surface area contributed by atoms with Crippen LogP contribution in [0.4, 0.5) is 0 Å². The summed E-state index contributed by atoms with van der Waals surface area (Å²) >= 11 is 0. The molecule has 0 unspecified atom stereocenters. The highest BCUT2D eigenvalue weighted by Gasteiger charge is 2.37. The Labute approximate surface area is 127 Å². The van der Waals surface area contributed by atoms with E-state index in [1.807, 2.05) is 0 Å². The van der Waals surface area contributed by atoms with E-state index in [-0.39, 0.29) is 16.6 Å². The molecule has 1 aliphatic carbocycles. The highest BCUT2D eigenvalue weighted by molar-refractivity contribution is 5.99. The molecular weight excluding hydrogens is 280 g/mol. The molecule has 0 N–H and O–H groups in total. The third kappa shape index (κ3) is 1.90. The van der Waals surface area contributed by atoms with Crippen molar-refractivity contribution in [2.75, 3.05) is 0 Å². The minimum Gasteiger partial charge on any atom is -0.464 e. The number of carbonyl (C=O) groups excluding carboxylic acids is 1. The zero-order valence-electron chi connectivity index (χ0n) is 12.6. The van der Waals surface area contributed by atoms with Crippen LogP contribution < -0.4 is 10.2 Å². The minimum atomic E-state index is -0.0834. The molecule has 0 bridgehead atoms. The van der Waals surface area contributed by atoms with E-state index in [4.69, 9.17) is 9.15 Å². The molecule has 2 heterocycles. The molecule has 0 saturated carbocycles. The number of fused-ring (bicyclic) bond motifs is 3. The predicted molar refractivity (Wildman–Crippen MR) is 81.9 cm³/mol. The lowest BCUT2D eigenvalue weighted by molar-refractivity contribution is -0.118. The van der Waals surface area contributed by atoms with Crippen molar-refractivity contribution in [3.63, 3.8) is 0 Å². The van der Waals surface area contributed by atoms with Gasteiger partial charge in [-0.25, -0.2) is 0 Å². The van der Waals surface area contributed by atoms with Crippen LogP contribution in [0.5, 0.6) is 5.75 Å². The van der Waals surface area contributed by atoms with Crippen molar-refractivity contribution in [3.8, 4) is 5.75 Å². The Kier molecular flexibility index (Phi) is 2.61. The van der Waals surface area contributed by atoms with Crippen LogP contribution in [0, 0.1) is 5.41 Å². The highest BCUT2D eigenvalue weighted by atomic mass is 16.5. The predicted octanol–water partition coefficient (Wildman–Crippen LogP) is 3.37. The van der Waals surface area contributed by atoms with Crippen LogP contribution in [-0.2, 0) is 11.2 Å². The number of hydrogen-bond acceptors (Lipinski definition) is 4. The first-order valence-electron chi connectivity index (χ1n) is 7.41. The van der Waals surface area contributed by atoms with Crippen LogP contribution in [0.2, 0.25) is 0 Å². The van der Waals surface area contributed by atoms with E-state index in [1.54, 1.807) is 12.1 Å². The van der Waals surface area contributed by atoms with E-state index in [1.165, 1.54) is 12.3 Å². The number of Topliss-reactive ketones (excluding diaryl/α,β-unsaturated/α-hetero) is 1. The number of carbonyl (C=O) groups is 1. The molecule has 0 radical (unpaired) electrons. The van der Waals surface area contributed by atoms with Crippen LogP contribution in [0.25, 0.3) is 11.0 Å². The van der Waals surface area contributed by atoms with E-state index in [0.717, 1.165) is 23.3 Å². The molecule has 4 rings (SSSR count). The fourth-order valence-electron chi connectivity index (χ4n) is 3.36. The summed E-state index contributed by atoms with van der Waals surface area (Å²) in [7, 11) is 0. The second-order valence-electron chi connectivity index (χ2n) is 6.83. The van der Waals surface area contributed by atoms with Crippen LogP contribution in [-0.4, -0.2) is 5.78 Å². The Hall–Kier alpha value is -2.36. The van der Waals surface area contributed by atoms with E-state index in [2.05, 4.69) is 13.8 Å². The van der Waals surface area contributed by atoms with E-state index in [0.29, 0.717) is 29.6 Å². The zero-order valence-corrected chi connectivity index (χ0v) is 12.6. The van der Waals surface area contributed by atoms with Gasteiger partial charge in [-0.15, -0.1) is 0 Å². The van der Waals surface area contributed by atoms with E-state index in [9.17, 15) is 9.59 Å². The Morgan fingerprint density at radius 2 is 1.91 bits per heavy atom. The summed E-state index contributed by atoms with van der Waals surface area (Å²) in [5, 5.41) is 0.525. The summed E-state index contributed by atoms with van der Waals surface area (Å²) in [6, 6.07) is 4.92. The summed E-state index contributed by atoms with van der Waals surface area (Å²) < 4.78 is 11.5. The molecule has 0 saturated heterocycles. The summed E-state index contributed by atoms with van der Waals surface area (Å²) in [5.74, 6) is 1.59. The van der Waals surface area contributed by atoms with Gasteiger partial charge in [0, 0.05) is 36.5 Å². The Bertz CT molecular complexity index is 899. The van der Waals surface area contributed by atoms with Gasteiger partial charge in [-0.05, 0) is 17.5 Å². The maximum Gasteiger partial charge on any atom is 0.192 e. The first-order valence-corrected chi connectivity index (χ1v) is 7.41. The van der Waals surface area contributed by atoms with Crippen molar-refractivity contribution in [1.82, 2.24) is 0 Å². The van der Waals surface area contributed by atoms with Gasteiger partial charge in [-0.3, -0.25) is 9.59 Å². The van der Waals surface area contributed by atoms with Crippen molar-refractivity contribution in [3.05, 3.63) is 51.6 Å². The highest BCUT2D eigenvalue weighted by Crippen LogP contribution is 2.43. The van der Waals surface area contributed by atoms with Crippen LogP contribution >= 0.6 is 0 Å². The maximum atomic E-state index is 12.4. The largest absolute Gasteiger partial charge is 0.464 e. The molecular formula is C18H16O4. The number of benzene rings is 1. The SMILES string of the molecule is CC1(C)CC(=O)C2=C(C1)Oc1ccc3c(=O)ccoc3c1C2. The number of allylic oxidation sites excluding steroid dienone is 2. The number of ketones is 1. The van der Waals surface area contributed by atoms with Gasteiger partial charge in [0.05, 0.1) is 11.6 Å². The van der Waals surface area contributed by atoms with Crippen molar-refractivity contribution in [2.24, 2.45) is 5.41 Å². The lowest BCUT2D eigenvalue weighted by Gasteiger charge is -2.34. The maximum absolute atomic E-state index is 12.4. The fourth-order valence-corrected chi connectivity index (χ4v) is 3.36. The lowest BCUT2D eigenvalue weighted by atomic mass is 9.74. The van der Waals surface area contributed by atoms with Crippen molar-refractivity contribution < 1.29 is 13.9 Å². The monoisotopic (exact) mass is 296 g/mol. The normalized spacial score (nSPS) is 19.6. The Balaban J connectivity index is 1.89. The van der Waals surface area contributed by atoms with Gasteiger partial charge in [-0.2, -0.15) is 0 Å². The molecule has 1 aliphatic heterocycles. The molecule has 22 heavy (non-hydrogen) atoms. The van der Waals surface area contributed by atoms with E-state index < -0.39 is 0 Å². The van der Waals surface area contributed by atoms with E-state index >= 15 is 0 Å². The molecule has 4 nitrogen and oxygen atoms in total. The molecule has 2 aromatic rings. The third-order valence-electron chi connectivity index (χ3n) is 4.43. The second-order valence-corrected chi connectivity index (χ2v) is 6.83. The number of hydrogen-bond donors (Lipinski definition) is 0. The molecule has 0 spiro atoms. The average molecular weight is 296 g/mol.